The monoisotopic (exact) mass is 662 g/mol. The topological polar surface area (TPSA) is 229 Å². The number of carbonyl (C=O) groups excluding carboxylic acids is 1. The van der Waals surface area contributed by atoms with Gasteiger partial charge in [0.25, 0.3) is 0 Å². The van der Waals surface area contributed by atoms with E-state index in [9.17, 15) is 29.0 Å². The van der Waals surface area contributed by atoms with E-state index in [2.05, 4.69) is 39.4 Å². The third kappa shape index (κ3) is 6.25. The van der Waals surface area contributed by atoms with Crippen LogP contribution in [0.15, 0.2) is 6.33 Å². The van der Waals surface area contributed by atoms with Crippen LogP contribution in [0, 0.1) is 16.7 Å². The first-order valence-electron chi connectivity index (χ1n) is 14.2. The van der Waals surface area contributed by atoms with Gasteiger partial charge in [-0.1, -0.05) is 13.8 Å². The molecule has 238 valence electrons. The highest BCUT2D eigenvalue weighted by Crippen LogP contribution is 2.66. The molecule has 4 saturated carbocycles. The number of halogens is 1. The Balaban J connectivity index is 1.18. The second-order valence-electron chi connectivity index (χ2n) is 13.9. The molecular formula is C25H37ClN6O9P2. The molecule has 7 rings (SSSR count). The molecule has 1 saturated heterocycles. The summed E-state index contributed by atoms with van der Waals surface area (Å²) < 4.78 is 30.5. The molecule has 1 aliphatic heterocycles. The number of rotatable bonds is 8. The molecular weight excluding hydrogens is 626 g/mol. The van der Waals surface area contributed by atoms with Gasteiger partial charge in [-0.15, -0.1) is 0 Å². The number of ether oxygens (including phenoxy) is 1. The summed E-state index contributed by atoms with van der Waals surface area (Å²) in [4.78, 5) is 54.1. The van der Waals surface area contributed by atoms with Gasteiger partial charge in [0.1, 0.15) is 18.1 Å². The minimum absolute atomic E-state index is 0.0524. The summed E-state index contributed by atoms with van der Waals surface area (Å²) in [5.41, 5.74) is 0.364. The van der Waals surface area contributed by atoms with Crippen molar-refractivity contribution in [3.8, 4) is 0 Å². The highest BCUT2D eigenvalue weighted by Gasteiger charge is 2.60. The summed E-state index contributed by atoms with van der Waals surface area (Å²) in [5, 5.41) is 27.2. The Morgan fingerprint density at radius 1 is 1.09 bits per heavy atom. The van der Waals surface area contributed by atoms with Gasteiger partial charge in [0.05, 0.1) is 12.4 Å². The van der Waals surface area contributed by atoms with Crippen molar-refractivity contribution in [3.63, 3.8) is 0 Å². The zero-order valence-electron chi connectivity index (χ0n) is 23.8. The molecule has 4 bridgehead atoms. The highest BCUT2D eigenvalue weighted by atomic mass is 35.5. The van der Waals surface area contributed by atoms with E-state index >= 15 is 0 Å². The molecule has 3 heterocycles. The van der Waals surface area contributed by atoms with Crippen molar-refractivity contribution < 1.29 is 43.6 Å². The second kappa shape index (κ2) is 10.4. The molecule has 18 heteroatoms. The summed E-state index contributed by atoms with van der Waals surface area (Å²) in [7, 11) is -8.96. The van der Waals surface area contributed by atoms with Crippen molar-refractivity contribution in [1.82, 2.24) is 24.8 Å². The maximum absolute atomic E-state index is 13.4. The van der Waals surface area contributed by atoms with Crippen LogP contribution in [0.5, 0.6) is 0 Å². The average molecular weight is 663 g/mol. The Kier molecular flexibility index (Phi) is 7.60. The third-order valence-electron chi connectivity index (χ3n) is 9.41. The van der Waals surface area contributed by atoms with Gasteiger partial charge in [0.2, 0.25) is 12.7 Å². The van der Waals surface area contributed by atoms with Gasteiger partial charge in [-0.25, -0.2) is 9.78 Å². The summed E-state index contributed by atoms with van der Waals surface area (Å²) in [5.74, 6) is -0.563. The van der Waals surface area contributed by atoms with Gasteiger partial charge in [-0.05, 0) is 73.3 Å². The number of carbonyl (C=O) groups is 1. The van der Waals surface area contributed by atoms with Crippen LogP contribution in [-0.4, -0.2) is 86.4 Å². The Bertz CT molecular complexity index is 1530. The highest BCUT2D eigenvalue weighted by molar-refractivity contribution is 7.72. The van der Waals surface area contributed by atoms with Crippen LogP contribution in [0.25, 0.3) is 11.2 Å². The molecule has 0 radical (unpaired) electrons. The van der Waals surface area contributed by atoms with Crippen molar-refractivity contribution in [3.05, 3.63) is 11.6 Å². The van der Waals surface area contributed by atoms with Crippen LogP contribution in [0.4, 0.5) is 10.6 Å². The van der Waals surface area contributed by atoms with E-state index in [1.54, 1.807) is 0 Å². The molecule has 0 aromatic carbocycles. The lowest BCUT2D eigenvalue weighted by molar-refractivity contribution is -0.113. The number of amides is 2. The van der Waals surface area contributed by atoms with E-state index in [0.29, 0.717) is 5.92 Å². The molecule has 5 unspecified atom stereocenters. The third-order valence-corrected chi connectivity index (χ3v) is 13.8. The molecule has 5 aliphatic rings. The first-order valence-corrected chi connectivity index (χ1v) is 18.4. The van der Waals surface area contributed by atoms with Gasteiger partial charge in [0, 0.05) is 11.7 Å². The van der Waals surface area contributed by atoms with Crippen molar-refractivity contribution in [2.75, 3.05) is 17.4 Å². The standard InChI is InChI=1S/C25H37ClN6O9P2/c1-23-5-13-6-24(2,8-23)10-25(7-13,9-23)31-22(35)29-18-15-19(30-21(26)28-18)32(11-27-15)20-17(34)16(33)14(41-20)3-4-42(36,37)12-43(38,39)40/h11,13-14,16-17,20,33-34H,3-10,12H2,1-2H3,(H,36,37)(H2,38,39,40)(H2,28,29,30,31,35)/t13-,14?,16?,17?,20?,23+,24-,25-. The summed E-state index contributed by atoms with van der Waals surface area (Å²) in [6.07, 6.45) is 1.45. The number of hydrogen-bond donors (Lipinski definition) is 7. The van der Waals surface area contributed by atoms with Crippen molar-refractivity contribution in [1.29, 1.82) is 0 Å². The number of anilines is 1. The van der Waals surface area contributed by atoms with Crippen LogP contribution in [0.1, 0.15) is 65.0 Å². The van der Waals surface area contributed by atoms with Gasteiger partial charge < -0.3 is 34.9 Å². The maximum Gasteiger partial charge on any atom is 0.335 e. The number of imidazole rings is 1. The molecule has 2 amide bonds. The Morgan fingerprint density at radius 2 is 1.77 bits per heavy atom. The summed E-state index contributed by atoms with van der Waals surface area (Å²) in [6, 6.07) is -0.434. The zero-order chi connectivity index (χ0) is 31.2. The Hall–Kier alpha value is -1.67. The second-order valence-corrected chi connectivity index (χ2v) is 18.8. The maximum atomic E-state index is 13.4. The molecule has 2 aromatic rings. The quantitative estimate of drug-likeness (QED) is 0.160. The van der Waals surface area contributed by atoms with Gasteiger partial charge in [-0.3, -0.25) is 19.0 Å². The smallest absolute Gasteiger partial charge is 0.335 e. The minimum Gasteiger partial charge on any atom is -0.388 e. The van der Waals surface area contributed by atoms with Crippen LogP contribution in [0.3, 0.4) is 0 Å². The fraction of sp³-hybridized carbons (Fsp3) is 0.760. The predicted octanol–water partition coefficient (Wildman–Crippen LogP) is 2.77. The predicted molar refractivity (Wildman–Crippen MR) is 155 cm³/mol. The lowest BCUT2D eigenvalue weighted by atomic mass is 9.43. The lowest BCUT2D eigenvalue weighted by Gasteiger charge is -2.65. The van der Waals surface area contributed by atoms with Crippen LogP contribution in [0.2, 0.25) is 5.28 Å². The zero-order valence-corrected chi connectivity index (χ0v) is 26.3. The molecule has 2 aromatic heterocycles. The van der Waals surface area contributed by atoms with Gasteiger partial charge >= 0.3 is 13.6 Å². The fourth-order valence-electron chi connectivity index (χ4n) is 9.02. The number of aromatic nitrogens is 4. The number of nitrogens with one attached hydrogen (secondary N) is 2. The number of fused-ring (bicyclic) bond motifs is 1. The molecule has 0 spiro atoms. The van der Waals surface area contributed by atoms with E-state index in [-0.39, 0.29) is 45.1 Å². The Labute approximate surface area is 252 Å². The SMILES string of the molecule is C[C@]12C[C@@H]3C[C@](C)(C1)C[C@@](NC(=O)Nc1nc(Cl)nc4c1ncn4C1OC(CCP(=O)(O)CP(=O)(O)O)C(O)C1O)(C3)C2. The molecule has 43 heavy (non-hydrogen) atoms. The molecule has 15 nitrogen and oxygen atoms in total. The van der Waals surface area contributed by atoms with Crippen molar-refractivity contribution in [2.45, 2.75) is 88.9 Å². The largest absolute Gasteiger partial charge is 0.388 e. The first-order chi connectivity index (χ1) is 19.9. The molecule has 9 atom stereocenters. The van der Waals surface area contributed by atoms with E-state index in [0.717, 1.165) is 19.3 Å². The van der Waals surface area contributed by atoms with Gasteiger partial charge in [-0.2, -0.15) is 9.97 Å². The lowest BCUT2D eigenvalue weighted by Crippen LogP contribution is -2.65. The summed E-state index contributed by atoms with van der Waals surface area (Å²) >= 11 is 6.22. The van der Waals surface area contributed by atoms with Crippen molar-refractivity contribution in [2.24, 2.45) is 16.7 Å². The van der Waals surface area contributed by atoms with Crippen molar-refractivity contribution >= 4 is 49.6 Å². The number of hydrogen-bond acceptors (Lipinski definition) is 9. The molecule has 7 N–H and O–H groups in total. The van der Waals surface area contributed by atoms with E-state index < -0.39 is 57.6 Å². The normalized spacial score (nSPS) is 38.4. The fourth-order valence-corrected chi connectivity index (χ4v) is 12.7. The average Bonchev–Trinajstić information content (AvgIpc) is 3.34. The first kappa shape index (κ1) is 31.3. The van der Waals surface area contributed by atoms with Crippen LogP contribution in [-0.2, 0) is 13.9 Å². The van der Waals surface area contributed by atoms with Crippen LogP contribution >= 0.6 is 26.6 Å². The Morgan fingerprint density at radius 3 is 2.40 bits per heavy atom. The minimum atomic E-state index is -4.74. The molecule has 4 aliphatic carbocycles. The number of aliphatic hydroxyl groups is 2. The summed E-state index contributed by atoms with van der Waals surface area (Å²) in [6.45, 7) is 4.63. The number of urea groups is 1. The van der Waals surface area contributed by atoms with Gasteiger partial charge in [0.15, 0.2) is 23.2 Å². The van der Waals surface area contributed by atoms with E-state index in [1.165, 1.54) is 30.2 Å². The van der Waals surface area contributed by atoms with E-state index in [4.69, 9.17) is 26.1 Å². The number of nitrogens with zero attached hydrogens (tertiary/aromatic N) is 4. The van der Waals surface area contributed by atoms with E-state index in [1.807, 2.05) is 0 Å². The number of aliphatic hydroxyl groups excluding tert-OH is 2. The van der Waals surface area contributed by atoms with Crippen LogP contribution < -0.4 is 10.6 Å². The molecule has 5 fully saturated rings.